The van der Waals surface area contributed by atoms with Crippen molar-refractivity contribution in [3.8, 4) is 0 Å². The van der Waals surface area contributed by atoms with Crippen LogP contribution in [-0.4, -0.2) is 32.0 Å². The lowest BCUT2D eigenvalue weighted by Gasteiger charge is -2.34. The minimum absolute atomic E-state index is 0.652. The van der Waals surface area contributed by atoms with Crippen molar-refractivity contribution in [2.45, 2.75) is 32.0 Å². The number of hydrogen-bond acceptors (Lipinski definition) is 6. The van der Waals surface area contributed by atoms with Crippen molar-refractivity contribution in [2.24, 2.45) is 11.8 Å². The number of hydrogen-bond donors (Lipinski definition) is 1. The number of allylic oxidation sites excluding steroid dienone is 2. The second kappa shape index (κ2) is 5.41. The number of nitro groups is 2. The van der Waals surface area contributed by atoms with Crippen LogP contribution in [0.2, 0.25) is 0 Å². The van der Waals surface area contributed by atoms with Crippen LogP contribution in [0, 0.1) is 26.1 Å². The highest BCUT2D eigenvalue weighted by Crippen LogP contribution is 2.38. The first-order valence-corrected chi connectivity index (χ1v) is 6.27. The van der Waals surface area contributed by atoms with E-state index in [-0.39, 0.29) is 0 Å². The molecule has 9 nitrogen and oxygen atoms in total. The summed E-state index contributed by atoms with van der Waals surface area (Å²) >= 11 is 5.70. The minimum Gasteiger partial charge on any atom is -0.274 e. The zero-order chi connectivity index (χ0) is 16.6. The summed E-state index contributed by atoms with van der Waals surface area (Å²) in [5.41, 5.74) is -3.83. The average molecular weight is 319 g/mol. The van der Waals surface area contributed by atoms with Crippen molar-refractivity contribution in [2.75, 3.05) is 0 Å². The fraction of sp³-hybridized carbons (Fsp3) is 0.545. The molecule has 116 valence electrons. The first-order valence-electron chi connectivity index (χ1n) is 5.89. The Kier molecular flexibility index (Phi) is 4.40. The molecule has 1 unspecified atom stereocenters. The predicted molar refractivity (Wildman–Crippen MR) is 74.1 cm³/mol. The van der Waals surface area contributed by atoms with E-state index < -0.39 is 37.9 Å². The summed E-state index contributed by atoms with van der Waals surface area (Å²) in [6.07, 6.45) is 3.34. The third kappa shape index (κ3) is 2.61. The maximum Gasteiger partial charge on any atom is 0.509 e. The topological polar surface area (TPSA) is 133 Å². The van der Waals surface area contributed by atoms with Gasteiger partial charge in [0.15, 0.2) is 5.03 Å². The Morgan fingerprint density at radius 3 is 2.24 bits per heavy atom. The summed E-state index contributed by atoms with van der Waals surface area (Å²) < 4.78 is 0. The monoisotopic (exact) mass is 318 g/mol. The second-order valence-electron chi connectivity index (χ2n) is 5.50. The van der Waals surface area contributed by atoms with E-state index in [4.69, 9.17) is 17.4 Å². The van der Waals surface area contributed by atoms with Gasteiger partial charge in [0, 0.05) is 0 Å². The summed E-state index contributed by atoms with van der Waals surface area (Å²) in [5.74, 6) is 2.94. The Balaban J connectivity index is 3.43. The lowest BCUT2D eigenvalue weighted by molar-refractivity contribution is -0.787. The molecule has 0 spiro atoms. The Morgan fingerprint density at radius 2 is 1.86 bits per heavy atom. The Hall–Kier alpha value is -2.00. The SMILES string of the molecule is CC(C)(C)N(N)C(=O)C1C=CC=C(Cl)C1([N+](=O)[O-])[N+](=O)[O-]. The number of hydrazine groups is 1. The van der Waals surface area contributed by atoms with Crippen molar-refractivity contribution >= 4 is 17.5 Å². The molecule has 1 aliphatic carbocycles. The van der Waals surface area contributed by atoms with E-state index in [0.29, 0.717) is 0 Å². The summed E-state index contributed by atoms with van der Waals surface area (Å²) in [6, 6.07) is 0. The van der Waals surface area contributed by atoms with Crippen LogP contribution < -0.4 is 5.84 Å². The Bertz CT molecular complexity index is 537. The van der Waals surface area contributed by atoms with E-state index in [9.17, 15) is 25.0 Å². The van der Waals surface area contributed by atoms with Gasteiger partial charge in [-0.1, -0.05) is 23.8 Å². The molecule has 0 saturated carbocycles. The van der Waals surface area contributed by atoms with Gasteiger partial charge in [-0.25, -0.2) is 5.84 Å². The molecule has 0 aromatic rings. The van der Waals surface area contributed by atoms with Gasteiger partial charge in [0.05, 0.1) is 5.54 Å². The van der Waals surface area contributed by atoms with E-state index in [2.05, 4.69) is 0 Å². The molecule has 0 saturated heterocycles. The fourth-order valence-corrected chi connectivity index (χ4v) is 2.19. The van der Waals surface area contributed by atoms with Gasteiger partial charge in [0.2, 0.25) is 5.92 Å². The molecule has 0 aliphatic heterocycles. The number of rotatable bonds is 3. The normalized spacial score (nSPS) is 20.6. The van der Waals surface area contributed by atoms with Crippen molar-refractivity contribution in [1.82, 2.24) is 5.01 Å². The largest absolute Gasteiger partial charge is 0.509 e. The van der Waals surface area contributed by atoms with E-state index in [0.717, 1.165) is 17.2 Å². The molecule has 0 radical (unpaired) electrons. The molecule has 0 aromatic carbocycles. The summed E-state index contributed by atoms with van der Waals surface area (Å²) in [6.45, 7) is 4.78. The third-order valence-electron chi connectivity index (χ3n) is 3.11. The number of amides is 1. The highest BCUT2D eigenvalue weighted by Gasteiger charge is 2.69. The van der Waals surface area contributed by atoms with Gasteiger partial charge in [0.1, 0.15) is 9.85 Å². The second-order valence-corrected chi connectivity index (χ2v) is 5.90. The van der Waals surface area contributed by atoms with Crippen LogP contribution in [0.1, 0.15) is 20.8 Å². The molecule has 21 heavy (non-hydrogen) atoms. The number of nitrogens with zero attached hydrogens (tertiary/aromatic N) is 3. The fourth-order valence-electron chi connectivity index (χ4n) is 1.86. The summed E-state index contributed by atoms with van der Waals surface area (Å²) in [7, 11) is 0. The highest BCUT2D eigenvalue weighted by atomic mass is 35.5. The lowest BCUT2D eigenvalue weighted by atomic mass is 9.87. The third-order valence-corrected chi connectivity index (χ3v) is 3.52. The molecule has 2 N–H and O–H groups in total. The van der Waals surface area contributed by atoms with Gasteiger partial charge in [-0.2, -0.15) is 0 Å². The summed E-state index contributed by atoms with van der Waals surface area (Å²) in [4.78, 5) is 32.6. The van der Waals surface area contributed by atoms with Crippen LogP contribution in [0.5, 0.6) is 0 Å². The van der Waals surface area contributed by atoms with Gasteiger partial charge in [-0.3, -0.25) is 30.0 Å². The van der Waals surface area contributed by atoms with Crippen LogP contribution >= 0.6 is 11.6 Å². The first-order chi connectivity index (χ1) is 9.47. The molecule has 1 rings (SSSR count). The Morgan fingerprint density at radius 1 is 1.38 bits per heavy atom. The number of halogens is 1. The molecule has 1 atom stereocenters. The van der Waals surface area contributed by atoms with Crippen molar-refractivity contribution < 1.29 is 14.6 Å². The zero-order valence-electron chi connectivity index (χ0n) is 11.6. The maximum absolute atomic E-state index is 12.4. The highest BCUT2D eigenvalue weighted by molar-refractivity contribution is 6.31. The molecule has 0 fully saturated rings. The van der Waals surface area contributed by atoms with Crippen LogP contribution in [0.25, 0.3) is 0 Å². The van der Waals surface area contributed by atoms with Crippen LogP contribution in [0.4, 0.5) is 0 Å². The molecule has 10 heteroatoms. The zero-order valence-corrected chi connectivity index (χ0v) is 12.4. The lowest BCUT2D eigenvalue weighted by Crippen LogP contribution is -2.62. The van der Waals surface area contributed by atoms with E-state index in [1.54, 1.807) is 20.8 Å². The quantitative estimate of drug-likeness (QED) is 0.272. The van der Waals surface area contributed by atoms with Crippen LogP contribution in [0.3, 0.4) is 0 Å². The van der Waals surface area contributed by atoms with Crippen molar-refractivity contribution in [3.63, 3.8) is 0 Å². The molecular weight excluding hydrogens is 304 g/mol. The number of nitrogens with two attached hydrogens (primary N) is 1. The number of carbonyl (C=O) groups is 1. The first kappa shape index (κ1) is 17.1. The average Bonchev–Trinajstić information content (AvgIpc) is 2.34. The number of carbonyl (C=O) groups excluding carboxylic acids is 1. The predicted octanol–water partition coefficient (Wildman–Crippen LogP) is 1.05. The molecular formula is C11H15ClN4O5. The molecule has 0 aromatic heterocycles. The van der Waals surface area contributed by atoms with E-state index in [1.807, 2.05) is 0 Å². The van der Waals surface area contributed by atoms with Crippen LogP contribution in [0.15, 0.2) is 23.3 Å². The standard InChI is InChI=1S/C11H15ClN4O5/c1-10(2,3)14(13)9(17)7-5-4-6-8(12)11(7,15(18)19)16(20)21/h4-7H,13H2,1-3H3. The molecule has 0 bridgehead atoms. The molecule has 1 aliphatic rings. The van der Waals surface area contributed by atoms with Gasteiger partial charge in [-0.05, 0) is 26.8 Å². The van der Waals surface area contributed by atoms with Gasteiger partial charge >= 0.3 is 5.66 Å². The maximum atomic E-state index is 12.4. The van der Waals surface area contributed by atoms with E-state index in [1.165, 1.54) is 6.08 Å². The molecule has 0 heterocycles. The Labute approximate surface area is 125 Å². The van der Waals surface area contributed by atoms with Crippen molar-refractivity contribution in [3.05, 3.63) is 43.5 Å². The summed E-state index contributed by atoms with van der Waals surface area (Å²) in [5, 5.41) is 22.7. The smallest absolute Gasteiger partial charge is 0.274 e. The van der Waals surface area contributed by atoms with Gasteiger partial charge < -0.3 is 0 Å². The molecule has 1 amide bonds. The van der Waals surface area contributed by atoms with Gasteiger partial charge in [-0.15, -0.1) is 0 Å². The van der Waals surface area contributed by atoms with E-state index >= 15 is 0 Å². The van der Waals surface area contributed by atoms with Crippen LogP contribution in [-0.2, 0) is 4.79 Å². The minimum atomic E-state index is -2.96. The van der Waals surface area contributed by atoms with Crippen molar-refractivity contribution in [1.29, 1.82) is 0 Å². The van der Waals surface area contributed by atoms with Gasteiger partial charge in [0.25, 0.3) is 5.91 Å².